The third kappa shape index (κ3) is 7.69. The quantitative estimate of drug-likeness (QED) is 0.484. The Morgan fingerprint density at radius 1 is 0.520 bits per heavy atom. The lowest BCUT2D eigenvalue weighted by Crippen LogP contribution is -2.63. The Balaban J connectivity index is 1.68. The van der Waals surface area contributed by atoms with Crippen molar-refractivity contribution in [2.45, 2.75) is 71.6 Å². The van der Waals surface area contributed by atoms with Gasteiger partial charge in [0.15, 0.2) is 33.3 Å². The lowest BCUT2D eigenvalue weighted by atomic mass is 10.2. The Morgan fingerprint density at radius 2 is 0.800 bits per heavy atom. The van der Waals surface area contributed by atoms with Gasteiger partial charge >= 0.3 is 0 Å². The van der Waals surface area contributed by atoms with Gasteiger partial charge in [0.2, 0.25) is 0 Å². The van der Waals surface area contributed by atoms with Gasteiger partial charge in [-0.05, 0) is 78.3 Å². The highest BCUT2D eigenvalue weighted by atomic mass is 28.4. The highest BCUT2D eigenvalue weighted by Crippen LogP contribution is 2.24. The fourth-order valence-electron chi connectivity index (χ4n) is 5.05. The lowest BCUT2D eigenvalue weighted by Gasteiger charge is -2.45. The van der Waals surface area contributed by atoms with Crippen LogP contribution >= 0.6 is 0 Å². The average molecular weight is 419 g/mol. The molecule has 0 atom stereocenters. The van der Waals surface area contributed by atoms with E-state index in [0.29, 0.717) is 0 Å². The largest absolute Gasteiger partial charge is 0.454 e. The van der Waals surface area contributed by atoms with Crippen molar-refractivity contribution in [3.05, 3.63) is 0 Å². The Morgan fingerprint density at radius 3 is 1.08 bits per heavy atom. The molecule has 0 amide bonds. The molecule has 2 saturated heterocycles. The number of hydrogen-bond acceptors (Lipinski definition) is 4. The summed E-state index contributed by atoms with van der Waals surface area (Å²) in [5.74, 6) is 0. The molecule has 2 rings (SSSR count). The minimum atomic E-state index is -1.44. The van der Waals surface area contributed by atoms with E-state index in [1.54, 1.807) is 0 Å². The second kappa shape index (κ2) is 7.98. The van der Waals surface area contributed by atoms with Gasteiger partial charge in [0.05, 0.1) is 0 Å². The first-order valence-electron chi connectivity index (χ1n) is 10.1. The summed E-state index contributed by atoms with van der Waals surface area (Å²) in [5.41, 5.74) is 0. The molecule has 2 aliphatic rings. The lowest BCUT2D eigenvalue weighted by molar-refractivity contribution is 0.274. The molecule has 25 heavy (non-hydrogen) atoms. The summed E-state index contributed by atoms with van der Waals surface area (Å²) in [4.78, 5) is 5.45. The van der Waals surface area contributed by atoms with Gasteiger partial charge < -0.3 is 18.0 Å². The predicted molar refractivity (Wildman–Crippen MR) is 119 cm³/mol. The van der Waals surface area contributed by atoms with E-state index in [2.05, 4.69) is 62.2 Å². The van der Waals surface area contributed by atoms with Crippen LogP contribution in [-0.2, 0) is 8.23 Å². The van der Waals surface area contributed by atoms with Gasteiger partial charge in [0.1, 0.15) is 0 Å². The van der Waals surface area contributed by atoms with Crippen molar-refractivity contribution in [1.29, 1.82) is 0 Å². The molecule has 0 bridgehead atoms. The van der Waals surface area contributed by atoms with Crippen molar-refractivity contribution < 1.29 is 8.23 Å². The van der Waals surface area contributed by atoms with Crippen molar-refractivity contribution in [2.75, 3.05) is 37.8 Å². The molecule has 0 aliphatic carbocycles. The van der Waals surface area contributed by atoms with Crippen LogP contribution in [0.4, 0.5) is 0 Å². The first kappa shape index (κ1) is 22.0. The molecule has 0 radical (unpaired) electrons. The predicted octanol–water partition coefficient (Wildman–Crippen LogP) is 3.80. The molecule has 0 aromatic heterocycles. The SMILES string of the molecule is C[Si]1(C)CN(CCCCCN2C[Si](C)(C)O[Si](C)(C)C2)C[Si](C)(C)O1. The molecule has 0 spiro atoms. The van der Waals surface area contributed by atoms with E-state index < -0.39 is 33.3 Å². The second-order valence-corrected chi connectivity index (χ2v) is 27.7. The fourth-order valence-corrected chi connectivity index (χ4v) is 23.9. The molecule has 0 N–H and O–H groups in total. The van der Waals surface area contributed by atoms with Gasteiger partial charge in [-0.3, -0.25) is 0 Å². The van der Waals surface area contributed by atoms with Gasteiger partial charge in [-0.15, -0.1) is 0 Å². The van der Waals surface area contributed by atoms with Crippen molar-refractivity contribution >= 4 is 33.3 Å². The van der Waals surface area contributed by atoms with Crippen LogP contribution < -0.4 is 0 Å². The van der Waals surface area contributed by atoms with E-state index in [0.717, 1.165) is 0 Å². The van der Waals surface area contributed by atoms with Crippen LogP contribution in [0.25, 0.3) is 0 Å². The topological polar surface area (TPSA) is 24.9 Å². The molecule has 2 fully saturated rings. The second-order valence-electron chi connectivity index (χ2n) is 10.7. The summed E-state index contributed by atoms with van der Waals surface area (Å²) >= 11 is 0. The van der Waals surface area contributed by atoms with Gasteiger partial charge in [0, 0.05) is 24.7 Å². The summed E-state index contributed by atoms with van der Waals surface area (Å²) in [6.45, 7) is 21.7. The van der Waals surface area contributed by atoms with E-state index in [4.69, 9.17) is 8.23 Å². The Bertz CT molecular complexity index is 386. The van der Waals surface area contributed by atoms with Crippen LogP contribution in [0.15, 0.2) is 0 Å². The zero-order valence-corrected chi connectivity index (χ0v) is 22.1. The molecule has 0 saturated carbocycles. The molecule has 4 nitrogen and oxygen atoms in total. The summed E-state index contributed by atoms with van der Waals surface area (Å²) < 4.78 is 12.9. The number of nitrogens with zero attached hydrogens (tertiary/aromatic N) is 2. The number of unbranched alkanes of at least 4 members (excludes halogenated alkanes) is 2. The molecule has 2 aliphatic heterocycles. The third-order valence-corrected chi connectivity index (χ3v) is 18.6. The maximum absolute atomic E-state index is 6.46. The fraction of sp³-hybridized carbons (Fsp3) is 1.00. The van der Waals surface area contributed by atoms with E-state index >= 15 is 0 Å². The highest BCUT2D eigenvalue weighted by Gasteiger charge is 2.42. The summed E-state index contributed by atoms with van der Waals surface area (Å²) in [7, 11) is -5.77. The first-order chi connectivity index (χ1) is 11.3. The molecule has 0 aromatic rings. The van der Waals surface area contributed by atoms with Crippen molar-refractivity contribution in [1.82, 2.24) is 9.80 Å². The average Bonchev–Trinajstić information content (AvgIpc) is 2.30. The zero-order valence-electron chi connectivity index (χ0n) is 18.1. The van der Waals surface area contributed by atoms with Crippen molar-refractivity contribution in [3.8, 4) is 0 Å². The Hall–Kier alpha value is 0.708. The van der Waals surface area contributed by atoms with Crippen LogP contribution in [0.5, 0.6) is 0 Å². The Labute approximate surface area is 160 Å². The van der Waals surface area contributed by atoms with Gasteiger partial charge in [-0.2, -0.15) is 0 Å². The van der Waals surface area contributed by atoms with E-state index in [-0.39, 0.29) is 0 Å². The van der Waals surface area contributed by atoms with Gasteiger partial charge in [-0.1, -0.05) is 6.42 Å². The minimum absolute atomic E-state index is 1.23. The van der Waals surface area contributed by atoms with Crippen molar-refractivity contribution in [3.63, 3.8) is 0 Å². The number of hydrogen-bond donors (Lipinski definition) is 0. The van der Waals surface area contributed by atoms with Crippen molar-refractivity contribution in [2.24, 2.45) is 0 Å². The van der Waals surface area contributed by atoms with Crippen LogP contribution in [0, 0.1) is 0 Å². The monoisotopic (exact) mass is 418 g/mol. The maximum atomic E-state index is 6.46. The molecule has 148 valence electrons. The van der Waals surface area contributed by atoms with Crippen LogP contribution in [0.1, 0.15) is 19.3 Å². The molecule has 8 heteroatoms. The molecule has 0 unspecified atom stereocenters. The normalized spacial score (nSPS) is 28.8. The molecule has 0 aromatic carbocycles. The molecular weight excluding hydrogens is 377 g/mol. The smallest absolute Gasteiger partial charge is 0.187 e. The van der Waals surface area contributed by atoms with Crippen LogP contribution in [0.3, 0.4) is 0 Å². The highest BCUT2D eigenvalue weighted by molar-refractivity contribution is 6.86. The Kier molecular flexibility index (Phi) is 7.03. The summed E-state index contributed by atoms with van der Waals surface area (Å²) in [6.07, 6.45) is 8.97. The number of rotatable bonds is 6. The zero-order chi connectivity index (χ0) is 18.9. The van der Waals surface area contributed by atoms with E-state index in [1.165, 1.54) is 57.0 Å². The van der Waals surface area contributed by atoms with Crippen LogP contribution in [0.2, 0.25) is 52.4 Å². The molecular formula is C17H42N2O2Si4. The van der Waals surface area contributed by atoms with Crippen LogP contribution in [-0.4, -0.2) is 80.8 Å². The van der Waals surface area contributed by atoms with Gasteiger partial charge in [0.25, 0.3) is 0 Å². The summed E-state index contributed by atoms with van der Waals surface area (Å²) in [6, 6.07) is 0. The summed E-state index contributed by atoms with van der Waals surface area (Å²) in [5, 5.41) is 0. The van der Waals surface area contributed by atoms with Gasteiger partial charge in [-0.25, -0.2) is 0 Å². The standard InChI is InChI=1S/C17H42N2O2Si4/c1-22(2)14-18(15-23(3,4)20-22)12-10-9-11-13-19-16-24(5,6)21-25(7,8)17-19/h9-17H2,1-8H3. The minimum Gasteiger partial charge on any atom is -0.454 e. The van der Waals surface area contributed by atoms with E-state index in [1.807, 2.05) is 0 Å². The maximum Gasteiger partial charge on any atom is 0.187 e. The van der Waals surface area contributed by atoms with E-state index in [9.17, 15) is 0 Å². The molecule has 2 heterocycles. The first-order valence-corrected chi connectivity index (χ1v) is 22.6. The third-order valence-electron chi connectivity index (χ3n) is 4.97.